The van der Waals surface area contributed by atoms with Crippen LogP contribution < -0.4 is 20.9 Å². The molecule has 1 aromatic rings. The largest absolute Gasteiger partial charge is 0.480 e. The van der Waals surface area contributed by atoms with Gasteiger partial charge in [0.2, 0.25) is 17.7 Å². The first-order valence-corrected chi connectivity index (χ1v) is 10.2. The van der Waals surface area contributed by atoms with Gasteiger partial charge in [-0.3, -0.25) is 24.1 Å². The summed E-state index contributed by atoms with van der Waals surface area (Å²) >= 11 is 0. The third-order valence-corrected chi connectivity index (χ3v) is 6.41. The molecule has 2 aliphatic heterocycles. The second-order valence-electron chi connectivity index (χ2n) is 8.32. The lowest BCUT2D eigenvalue weighted by Crippen LogP contribution is -2.58. The van der Waals surface area contributed by atoms with Gasteiger partial charge in [-0.05, 0) is 50.8 Å². The van der Waals surface area contributed by atoms with E-state index in [0.29, 0.717) is 19.3 Å². The van der Waals surface area contributed by atoms with Crippen molar-refractivity contribution >= 4 is 29.4 Å². The van der Waals surface area contributed by atoms with Crippen molar-refractivity contribution in [1.82, 2.24) is 16.0 Å². The fourth-order valence-corrected chi connectivity index (χ4v) is 4.36. The van der Waals surface area contributed by atoms with Crippen molar-refractivity contribution in [2.45, 2.75) is 62.7 Å². The Bertz CT molecular complexity index is 926. The monoisotopic (exact) mass is 414 g/mol. The standard InChI is InChI=1S/C21H26N4O5/c1-11(19(28)29)23-17(26)15-10-13-5-3-4-12-6-7-14(18(27)25(15)16(12)13)24-20(30)21(22-2)8-9-21/h3-5,11,14-15,22H,6-10H2,1-2H3,(H,23,26)(H,24,30)(H,28,29)/t11-,14-,15-/m0/s1. The molecular formula is C21H26N4O5. The van der Waals surface area contributed by atoms with Crippen molar-refractivity contribution in [2.24, 2.45) is 0 Å². The van der Waals surface area contributed by atoms with E-state index in [-0.39, 0.29) is 11.8 Å². The highest BCUT2D eigenvalue weighted by Gasteiger charge is 2.50. The van der Waals surface area contributed by atoms with Crippen LogP contribution in [0.5, 0.6) is 0 Å². The fraction of sp³-hybridized carbons (Fsp3) is 0.524. The molecule has 1 aliphatic carbocycles. The Labute approximate surface area is 174 Å². The summed E-state index contributed by atoms with van der Waals surface area (Å²) in [4.78, 5) is 51.7. The van der Waals surface area contributed by atoms with E-state index in [1.54, 1.807) is 7.05 Å². The van der Waals surface area contributed by atoms with Crippen molar-refractivity contribution in [3.63, 3.8) is 0 Å². The Kier molecular flexibility index (Phi) is 5.01. The van der Waals surface area contributed by atoms with Crippen molar-refractivity contribution in [3.8, 4) is 0 Å². The second-order valence-corrected chi connectivity index (χ2v) is 8.32. The molecule has 9 heteroatoms. The SMILES string of the molecule is CNC1(C(=O)N[C@H]2CCc3cccc4c3N(C2=O)[C@H](C(=O)N[C@@H](C)C(=O)O)C4)CC1. The van der Waals surface area contributed by atoms with Crippen molar-refractivity contribution in [1.29, 1.82) is 0 Å². The highest BCUT2D eigenvalue weighted by molar-refractivity contribution is 6.08. The predicted molar refractivity (Wildman–Crippen MR) is 108 cm³/mol. The van der Waals surface area contributed by atoms with Gasteiger partial charge < -0.3 is 21.1 Å². The average molecular weight is 414 g/mol. The maximum atomic E-state index is 13.5. The number of carboxylic acids is 1. The molecule has 3 amide bonds. The summed E-state index contributed by atoms with van der Waals surface area (Å²) in [6.45, 7) is 1.38. The van der Waals surface area contributed by atoms with Crippen molar-refractivity contribution in [3.05, 3.63) is 29.3 Å². The van der Waals surface area contributed by atoms with Crippen LogP contribution in [0.4, 0.5) is 5.69 Å². The number of rotatable bonds is 6. The smallest absolute Gasteiger partial charge is 0.325 e. The molecule has 2 heterocycles. The molecular weight excluding hydrogens is 388 g/mol. The number of hydrogen-bond acceptors (Lipinski definition) is 5. The van der Waals surface area contributed by atoms with E-state index >= 15 is 0 Å². The molecule has 0 radical (unpaired) electrons. The van der Waals surface area contributed by atoms with E-state index in [0.717, 1.165) is 29.7 Å². The third kappa shape index (κ3) is 3.32. The Morgan fingerprint density at radius 2 is 1.93 bits per heavy atom. The third-order valence-electron chi connectivity index (χ3n) is 6.41. The first-order chi connectivity index (χ1) is 14.3. The Hall–Kier alpha value is -2.94. The topological polar surface area (TPSA) is 128 Å². The van der Waals surface area contributed by atoms with Gasteiger partial charge in [0, 0.05) is 6.42 Å². The quantitative estimate of drug-likeness (QED) is 0.507. The number of carboxylic acid groups (broad SMARTS) is 1. The zero-order valence-corrected chi connectivity index (χ0v) is 17.0. The molecule has 0 bridgehead atoms. The minimum Gasteiger partial charge on any atom is -0.480 e. The normalized spacial score (nSPS) is 24.5. The zero-order valence-electron chi connectivity index (χ0n) is 17.0. The maximum absolute atomic E-state index is 13.5. The molecule has 9 nitrogen and oxygen atoms in total. The van der Waals surface area contributed by atoms with Crippen LogP contribution in [0.3, 0.4) is 0 Å². The Morgan fingerprint density at radius 1 is 1.23 bits per heavy atom. The van der Waals surface area contributed by atoms with Crippen LogP contribution in [0.1, 0.15) is 37.3 Å². The molecule has 160 valence electrons. The van der Waals surface area contributed by atoms with E-state index in [1.807, 2.05) is 18.2 Å². The number of nitrogens with zero attached hydrogens (tertiary/aromatic N) is 1. The van der Waals surface area contributed by atoms with Gasteiger partial charge in [0.25, 0.3) is 0 Å². The van der Waals surface area contributed by atoms with E-state index < -0.39 is 35.5 Å². The molecule has 1 fully saturated rings. The van der Waals surface area contributed by atoms with Gasteiger partial charge in [-0.25, -0.2) is 0 Å². The summed E-state index contributed by atoms with van der Waals surface area (Å²) in [5, 5.41) is 17.5. The predicted octanol–water partition coefficient (Wildman–Crippen LogP) is -0.283. The molecule has 1 aromatic carbocycles. The number of nitrogens with one attached hydrogen (secondary N) is 3. The summed E-state index contributed by atoms with van der Waals surface area (Å²) in [7, 11) is 1.73. The summed E-state index contributed by atoms with van der Waals surface area (Å²) in [6.07, 6.45) is 2.80. The van der Waals surface area contributed by atoms with Crippen molar-refractivity contribution in [2.75, 3.05) is 11.9 Å². The lowest BCUT2D eigenvalue weighted by Gasteiger charge is -2.29. The fourth-order valence-electron chi connectivity index (χ4n) is 4.36. The van der Waals surface area contributed by atoms with Gasteiger partial charge in [-0.2, -0.15) is 0 Å². The van der Waals surface area contributed by atoms with E-state index in [4.69, 9.17) is 5.11 Å². The lowest BCUT2D eigenvalue weighted by atomic mass is 10.0. The summed E-state index contributed by atoms with van der Waals surface area (Å²) in [5.74, 6) is -2.19. The van der Waals surface area contributed by atoms with Crippen LogP contribution in [0, 0.1) is 0 Å². The zero-order chi connectivity index (χ0) is 21.6. The molecule has 0 aromatic heterocycles. The van der Waals surface area contributed by atoms with Crippen LogP contribution in [-0.2, 0) is 32.0 Å². The number of anilines is 1. The number of para-hydroxylation sites is 1. The molecule has 4 rings (SSSR count). The Morgan fingerprint density at radius 3 is 2.57 bits per heavy atom. The Balaban J connectivity index is 1.62. The van der Waals surface area contributed by atoms with Crippen LogP contribution >= 0.6 is 0 Å². The van der Waals surface area contributed by atoms with Gasteiger partial charge in [0.15, 0.2) is 0 Å². The van der Waals surface area contributed by atoms with Crippen LogP contribution in [0.15, 0.2) is 18.2 Å². The first-order valence-electron chi connectivity index (χ1n) is 10.2. The summed E-state index contributed by atoms with van der Waals surface area (Å²) in [6, 6.07) is 3.06. The molecule has 4 N–H and O–H groups in total. The highest BCUT2D eigenvalue weighted by Crippen LogP contribution is 2.40. The number of carbonyl (C=O) groups excluding carboxylic acids is 3. The van der Waals surface area contributed by atoms with Gasteiger partial charge in [0.05, 0.1) is 11.2 Å². The summed E-state index contributed by atoms with van der Waals surface area (Å²) < 4.78 is 0. The number of likely N-dealkylation sites (N-methyl/N-ethyl adjacent to an activating group) is 1. The first kappa shape index (κ1) is 20.3. The van der Waals surface area contributed by atoms with Gasteiger partial charge in [0.1, 0.15) is 18.1 Å². The molecule has 0 saturated heterocycles. The number of hydrogen-bond donors (Lipinski definition) is 4. The average Bonchev–Trinajstić information content (AvgIpc) is 3.44. The summed E-state index contributed by atoms with van der Waals surface area (Å²) in [5.41, 5.74) is 1.94. The van der Waals surface area contributed by atoms with E-state index in [2.05, 4.69) is 16.0 Å². The van der Waals surface area contributed by atoms with Gasteiger partial charge >= 0.3 is 5.97 Å². The van der Waals surface area contributed by atoms with Gasteiger partial charge in [-0.15, -0.1) is 0 Å². The van der Waals surface area contributed by atoms with Crippen LogP contribution in [0.2, 0.25) is 0 Å². The minimum atomic E-state index is -1.14. The molecule has 3 atom stereocenters. The molecule has 3 aliphatic rings. The lowest BCUT2D eigenvalue weighted by molar-refractivity contribution is -0.141. The van der Waals surface area contributed by atoms with Gasteiger partial charge in [-0.1, -0.05) is 18.2 Å². The minimum absolute atomic E-state index is 0.200. The molecule has 0 spiro atoms. The molecule has 30 heavy (non-hydrogen) atoms. The maximum Gasteiger partial charge on any atom is 0.325 e. The number of amides is 3. The molecule has 0 unspecified atom stereocenters. The highest BCUT2D eigenvalue weighted by atomic mass is 16.4. The number of benzene rings is 1. The van der Waals surface area contributed by atoms with E-state index in [1.165, 1.54) is 11.8 Å². The second kappa shape index (κ2) is 7.39. The molecule has 1 saturated carbocycles. The van der Waals surface area contributed by atoms with Crippen LogP contribution in [0.25, 0.3) is 0 Å². The number of aliphatic carboxylic acids is 1. The van der Waals surface area contributed by atoms with E-state index in [9.17, 15) is 19.2 Å². The van der Waals surface area contributed by atoms with Crippen LogP contribution in [-0.4, -0.2) is 59.5 Å². The number of carbonyl (C=O) groups is 4. The van der Waals surface area contributed by atoms with Crippen molar-refractivity contribution < 1.29 is 24.3 Å². The number of aryl methyl sites for hydroxylation is 1.